The highest BCUT2D eigenvalue weighted by Gasteiger charge is 2.44. The number of carbonyl (C=O) groups excluding carboxylic acids is 3. The molecule has 0 unspecified atom stereocenters. The summed E-state index contributed by atoms with van der Waals surface area (Å²) in [6.07, 6.45) is -0.0571. The van der Waals surface area contributed by atoms with Gasteiger partial charge in [0.25, 0.3) is 10.0 Å². The van der Waals surface area contributed by atoms with Crippen LogP contribution in [0.25, 0.3) is 0 Å². The van der Waals surface area contributed by atoms with Crippen molar-refractivity contribution in [1.29, 1.82) is 0 Å². The number of carbonyl (C=O) groups is 3. The van der Waals surface area contributed by atoms with Gasteiger partial charge in [-0.05, 0) is 61.9 Å². The van der Waals surface area contributed by atoms with E-state index < -0.39 is 33.7 Å². The second-order valence-electron chi connectivity index (χ2n) is 6.33. The number of Topliss-reactive ketones (excluding diaryl/α,β-unsaturated/α-hetero) is 1. The summed E-state index contributed by atoms with van der Waals surface area (Å²) in [5.41, 5.74) is 0.836. The number of hydrogen-bond acceptors (Lipinski definition) is 5. The first-order chi connectivity index (χ1) is 13.2. The summed E-state index contributed by atoms with van der Waals surface area (Å²) < 4.78 is 39.3. The Kier molecular flexibility index (Phi) is 5.28. The fourth-order valence-electron chi connectivity index (χ4n) is 2.93. The quantitative estimate of drug-likeness (QED) is 0.771. The van der Waals surface area contributed by atoms with Crippen molar-refractivity contribution in [3.63, 3.8) is 0 Å². The average molecular weight is 404 g/mol. The molecule has 0 aromatic heterocycles. The van der Waals surface area contributed by atoms with Crippen LogP contribution in [0.5, 0.6) is 0 Å². The third-order valence-electron chi connectivity index (χ3n) is 4.39. The van der Waals surface area contributed by atoms with Gasteiger partial charge in [-0.15, -0.1) is 0 Å². The zero-order chi connectivity index (χ0) is 20.5. The molecule has 1 atom stereocenters. The molecular weight excluding hydrogens is 387 g/mol. The van der Waals surface area contributed by atoms with E-state index in [1.807, 2.05) is 0 Å². The Morgan fingerprint density at radius 3 is 2.25 bits per heavy atom. The summed E-state index contributed by atoms with van der Waals surface area (Å²) in [4.78, 5) is 35.9. The zero-order valence-corrected chi connectivity index (χ0v) is 15.7. The molecular formula is C19H17FN2O5S. The van der Waals surface area contributed by atoms with E-state index in [1.54, 1.807) is 0 Å². The van der Waals surface area contributed by atoms with Gasteiger partial charge in [0.05, 0.1) is 4.90 Å². The van der Waals surface area contributed by atoms with Gasteiger partial charge in [0.15, 0.2) is 5.78 Å². The van der Waals surface area contributed by atoms with Gasteiger partial charge in [0.1, 0.15) is 11.9 Å². The molecule has 2 aromatic rings. The van der Waals surface area contributed by atoms with Gasteiger partial charge in [-0.25, -0.2) is 17.1 Å². The second-order valence-corrected chi connectivity index (χ2v) is 8.14. The Morgan fingerprint density at radius 2 is 1.68 bits per heavy atom. The fourth-order valence-corrected chi connectivity index (χ4v) is 4.54. The number of nitrogens with one attached hydrogen (secondary N) is 1. The molecule has 1 heterocycles. The molecule has 1 N–H and O–H groups in total. The van der Waals surface area contributed by atoms with Crippen molar-refractivity contribution < 1.29 is 27.2 Å². The SMILES string of the molecule is CC(=O)c1ccc(NC(=O)[C@H]2CCC(=O)N2S(=O)(=O)c2ccc(F)cc2)cc1. The van der Waals surface area contributed by atoms with Gasteiger partial charge in [-0.1, -0.05) is 0 Å². The highest BCUT2D eigenvalue weighted by atomic mass is 32.2. The van der Waals surface area contributed by atoms with Crippen LogP contribution in [-0.4, -0.2) is 36.4 Å². The molecule has 28 heavy (non-hydrogen) atoms. The highest BCUT2D eigenvalue weighted by Crippen LogP contribution is 2.28. The normalized spacial score (nSPS) is 16.9. The minimum atomic E-state index is -4.30. The van der Waals surface area contributed by atoms with Gasteiger partial charge in [0.2, 0.25) is 11.8 Å². The van der Waals surface area contributed by atoms with E-state index in [0.717, 1.165) is 24.3 Å². The molecule has 3 rings (SSSR count). The maximum atomic E-state index is 13.1. The molecule has 0 spiro atoms. The topological polar surface area (TPSA) is 101 Å². The summed E-state index contributed by atoms with van der Waals surface area (Å²) in [5, 5.41) is 2.56. The Bertz CT molecular complexity index is 1030. The minimum Gasteiger partial charge on any atom is -0.324 e. The summed E-state index contributed by atoms with van der Waals surface area (Å²) in [6, 6.07) is 8.93. The Hall–Kier alpha value is -3.07. The van der Waals surface area contributed by atoms with Crippen LogP contribution in [0.1, 0.15) is 30.1 Å². The molecule has 7 nitrogen and oxygen atoms in total. The second kappa shape index (κ2) is 7.51. The summed E-state index contributed by atoms with van der Waals surface area (Å²) >= 11 is 0. The van der Waals surface area contributed by atoms with Crippen LogP contribution < -0.4 is 5.32 Å². The van der Waals surface area contributed by atoms with Crippen LogP contribution in [0, 0.1) is 5.82 Å². The number of amides is 2. The standard InChI is InChI=1S/C19H17FN2O5S/c1-12(23)13-2-6-15(7-3-13)21-19(25)17-10-11-18(24)22(17)28(26,27)16-8-4-14(20)5-9-16/h2-9,17H,10-11H2,1H3,(H,21,25)/t17-/m1/s1. The van der Waals surface area contributed by atoms with Crippen LogP contribution in [0.15, 0.2) is 53.4 Å². The third kappa shape index (κ3) is 3.79. The van der Waals surface area contributed by atoms with Crippen LogP contribution >= 0.6 is 0 Å². The largest absolute Gasteiger partial charge is 0.324 e. The maximum Gasteiger partial charge on any atom is 0.267 e. The number of benzene rings is 2. The van der Waals surface area contributed by atoms with Crippen molar-refractivity contribution in [2.24, 2.45) is 0 Å². The first-order valence-corrected chi connectivity index (χ1v) is 9.89. The molecule has 0 bridgehead atoms. The number of hydrogen-bond donors (Lipinski definition) is 1. The van der Waals surface area contributed by atoms with Crippen LogP contribution in [0.3, 0.4) is 0 Å². The molecule has 1 fully saturated rings. The van der Waals surface area contributed by atoms with Crippen molar-refractivity contribution in [3.05, 3.63) is 59.9 Å². The van der Waals surface area contributed by atoms with E-state index in [0.29, 0.717) is 15.6 Å². The third-order valence-corrected chi connectivity index (χ3v) is 6.24. The molecule has 0 aliphatic carbocycles. The molecule has 0 saturated carbocycles. The van der Waals surface area contributed by atoms with E-state index in [1.165, 1.54) is 31.2 Å². The average Bonchev–Trinajstić information content (AvgIpc) is 3.05. The Morgan fingerprint density at radius 1 is 1.07 bits per heavy atom. The lowest BCUT2D eigenvalue weighted by atomic mass is 10.1. The molecule has 146 valence electrons. The first-order valence-electron chi connectivity index (χ1n) is 8.45. The number of rotatable bonds is 5. The van der Waals surface area contributed by atoms with Gasteiger partial charge >= 0.3 is 0 Å². The predicted molar refractivity (Wildman–Crippen MR) is 98.5 cm³/mol. The van der Waals surface area contributed by atoms with Gasteiger partial charge in [-0.2, -0.15) is 0 Å². The van der Waals surface area contributed by atoms with E-state index >= 15 is 0 Å². The Labute approximate surface area is 161 Å². The number of nitrogens with zero attached hydrogens (tertiary/aromatic N) is 1. The molecule has 9 heteroatoms. The summed E-state index contributed by atoms with van der Waals surface area (Å²) in [5.74, 6) is -2.10. The predicted octanol–water partition coefficient (Wildman–Crippen LogP) is 2.35. The van der Waals surface area contributed by atoms with E-state index in [-0.39, 0.29) is 23.5 Å². The van der Waals surface area contributed by atoms with Crippen molar-refractivity contribution in [3.8, 4) is 0 Å². The summed E-state index contributed by atoms with van der Waals surface area (Å²) in [7, 11) is -4.30. The lowest BCUT2D eigenvalue weighted by molar-refractivity contribution is -0.128. The lowest BCUT2D eigenvalue weighted by Crippen LogP contribution is -2.45. The monoisotopic (exact) mass is 404 g/mol. The van der Waals surface area contributed by atoms with E-state index in [4.69, 9.17) is 0 Å². The Balaban J connectivity index is 1.84. The lowest BCUT2D eigenvalue weighted by Gasteiger charge is -2.23. The molecule has 1 aliphatic heterocycles. The van der Waals surface area contributed by atoms with Crippen LogP contribution in [0.4, 0.5) is 10.1 Å². The molecule has 1 aliphatic rings. The smallest absolute Gasteiger partial charge is 0.267 e. The van der Waals surface area contributed by atoms with E-state index in [2.05, 4.69) is 5.32 Å². The van der Waals surface area contributed by atoms with Crippen molar-refractivity contribution in [2.45, 2.75) is 30.7 Å². The number of ketones is 1. The molecule has 2 amide bonds. The van der Waals surface area contributed by atoms with Crippen molar-refractivity contribution in [1.82, 2.24) is 4.31 Å². The number of anilines is 1. The van der Waals surface area contributed by atoms with Crippen molar-refractivity contribution >= 4 is 33.3 Å². The molecule has 1 saturated heterocycles. The number of halogens is 1. The zero-order valence-electron chi connectivity index (χ0n) is 14.9. The van der Waals surface area contributed by atoms with Crippen molar-refractivity contribution in [2.75, 3.05) is 5.32 Å². The van der Waals surface area contributed by atoms with Gasteiger partial charge in [0, 0.05) is 17.7 Å². The maximum absolute atomic E-state index is 13.1. The van der Waals surface area contributed by atoms with Gasteiger partial charge in [-0.3, -0.25) is 14.4 Å². The highest BCUT2D eigenvalue weighted by molar-refractivity contribution is 7.89. The molecule has 0 radical (unpaired) electrons. The first kappa shape index (κ1) is 19.7. The fraction of sp³-hybridized carbons (Fsp3) is 0.211. The van der Waals surface area contributed by atoms with Gasteiger partial charge < -0.3 is 5.32 Å². The van der Waals surface area contributed by atoms with Crippen LogP contribution in [0.2, 0.25) is 0 Å². The van der Waals surface area contributed by atoms with E-state index in [9.17, 15) is 27.2 Å². The number of sulfonamides is 1. The van der Waals surface area contributed by atoms with Crippen LogP contribution in [-0.2, 0) is 19.6 Å². The minimum absolute atomic E-state index is 0.0383. The summed E-state index contributed by atoms with van der Waals surface area (Å²) in [6.45, 7) is 1.41. The molecule has 2 aromatic carbocycles.